The van der Waals surface area contributed by atoms with Crippen LogP contribution in [0.3, 0.4) is 0 Å². The summed E-state index contributed by atoms with van der Waals surface area (Å²) in [4.78, 5) is 11.2. The molecular formula is C12H22O5Si. The van der Waals surface area contributed by atoms with Crippen molar-refractivity contribution in [3.05, 3.63) is 12.2 Å². The molecule has 0 saturated carbocycles. The first kappa shape index (κ1) is 15.4. The number of ether oxygens (including phenoxy) is 1. The van der Waals surface area contributed by atoms with Gasteiger partial charge in [0.2, 0.25) is 0 Å². The standard InChI is InChI=1S/C12H22O5Si/c1-10(2)12(13)15-7-5-9-18(14-4)16-8-6-11(3)17-18/h11H,1,5-9H2,2-4H3. The Labute approximate surface area is 109 Å². The first-order valence-corrected chi connectivity index (χ1v) is 8.12. The highest BCUT2D eigenvalue weighted by molar-refractivity contribution is 6.60. The Balaban J connectivity index is 2.31. The van der Waals surface area contributed by atoms with Crippen LogP contribution in [0.1, 0.15) is 26.7 Å². The maximum atomic E-state index is 11.2. The quantitative estimate of drug-likeness (QED) is 0.320. The summed E-state index contributed by atoms with van der Waals surface area (Å²) in [6, 6.07) is 0.664. The van der Waals surface area contributed by atoms with Crippen molar-refractivity contribution in [1.82, 2.24) is 0 Å². The average Bonchev–Trinajstić information content (AvgIpc) is 2.34. The van der Waals surface area contributed by atoms with Crippen molar-refractivity contribution >= 4 is 14.8 Å². The van der Waals surface area contributed by atoms with Gasteiger partial charge >= 0.3 is 14.8 Å². The fourth-order valence-electron chi connectivity index (χ4n) is 1.70. The van der Waals surface area contributed by atoms with Gasteiger partial charge in [0.1, 0.15) is 0 Å². The maximum Gasteiger partial charge on any atom is 0.501 e. The Kier molecular flexibility index (Phi) is 6.00. The number of carbonyl (C=O) groups excluding carboxylic acids is 1. The maximum absolute atomic E-state index is 11.2. The van der Waals surface area contributed by atoms with Crippen LogP contribution in [0.2, 0.25) is 6.04 Å². The first-order valence-electron chi connectivity index (χ1n) is 6.18. The molecule has 0 N–H and O–H groups in total. The molecule has 0 bridgehead atoms. The van der Waals surface area contributed by atoms with Gasteiger partial charge in [0.15, 0.2) is 0 Å². The van der Waals surface area contributed by atoms with Crippen LogP contribution < -0.4 is 0 Å². The molecule has 0 aliphatic carbocycles. The van der Waals surface area contributed by atoms with E-state index in [1.54, 1.807) is 14.0 Å². The van der Waals surface area contributed by atoms with Crippen LogP contribution >= 0.6 is 0 Å². The number of rotatable bonds is 6. The zero-order valence-corrected chi connectivity index (χ0v) is 12.4. The van der Waals surface area contributed by atoms with Gasteiger partial charge in [0, 0.05) is 31.4 Å². The van der Waals surface area contributed by atoms with Gasteiger partial charge in [-0.2, -0.15) is 0 Å². The molecular weight excluding hydrogens is 252 g/mol. The Morgan fingerprint density at radius 1 is 1.56 bits per heavy atom. The molecule has 0 spiro atoms. The van der Waals surface area contributed by atoms with Crippen LogP contribution in [0.25, 0.3) is 0 Å². The van der Waals surface area contributed by atoms with E-state index in [-0.39, 0.29) is 12.1 Å². The predicted molar refractivity (Wildman–Crippen MR) is 69.1 cm³/mol. The molecule has 0 aromatic heterocycles. The SMILES string of the molecule is C=C(C)C(=O)OCCC[Si]1(OC)OCCC(C)O1. The van der Waals surface area contributed by atoms with Gasteiger partial charge in [-0.15, -0.1) is 0 Å². The summed E-state index contributed by atoms with van der Waals surface area (Å²) in [6.45, 7) is 8.18. The molecule has 5 nitrogen and oxygen atoms in total. The van der Waals surface area contributed by atoms with E-state index < -0.39 is 8.80 Å². The van der Waals surface area contributed by atoms with Crippen LogP contribution in [0.4, 0.5) is 0 Å². The molecule has 1 saturated heterocycles. The second-order valence-corrected chi connectivity index (χ2v) is 7.27. The molecule has 1 rings (SSSR count). The topological polar surface area (TPSA) is 54.0 Å². The van der Waals surface area contributed by atoms with Crippen molar-refractivity contribution in [2.75, 3.05) is 20.3 Å². The third-order valence-corrected chi connectivity index (χ3v) is 5.74. The fraction of sp³-hybridized carbons (Fsp3) is 0.750. The largest absolute Gasteiger partial charge is 0.501 e. The van der Waals surface area contributed by atoms with Crippen LogP contribution in [0.5, 0.6) is 0 Å². The summed E-state index contributed by atoms with van der Waals surface area (Å²) in [5.74, 6) is -0.359. The lowest BCUT2D eigenvalue weighted by Crippen LogP contribution is -2.51. The normalized spacial score (nSPS) is 27.8. The van der Waals surface area contributed by atoms with Gasteiger partial charge in [-0.3, -0.25) is 0 Å². The van der Waals surface area contributed by atoms with Crippen LogP contribution in [-0.2, 0) is 22.8 Å². The second kappa shape index (κ2) is 7.03. The smallest absolute Gasteiger partial charge is 0.462 e. The van der Waals surface area contributed by atoms with Gasteiger partial charge in [-0.25, -0.2) is 4.79 Å². The summed E-state index contributed by atoms with van der Waals surface area (Å²) in [5, 5.41) is 0. The van der Waals surface area contributed by atoms with E-state index in [0.29, 0.717) is 31.3 Å². The molecule has 1 aliphatic rings. The predicted octanol–water partition coefficient (Wildman–Crippen LogP) is 1.91. The van der Waals surface area contributed by atoms with Crippen molar-refractivity contribution in [3.8, 4) is 0 Å². The molecule has 18 heavy (non-hydrogen) atoms. The molecule has 1 heterocycles. The number of esters is 1. The minimum Gasteiger partial charge on any atom is -0.462 e. The number of hydrogen-bond donors (Lipinski definition) is 0. The monoisotopic (exact) mass is 274 g/mol. The van der Waals surface area contributed by atoms with Crippen LogP contribution in [-0.4, -0.2) is 41.2 Å². The van der Waals surface area contributed by atoms with Gasteiger partial charge in [-0.1, -0.05) is 6.58 Å². The van der Waals surface area contributed by atoms with Gasteiger partial charge in [0.25, 0.3) is 0 Å². The number of carbonyl (C=O) groups is 1. The molecule has 104 valence electrons. The molecule has 6 heteroatoms. The van der Waals surface area contributed by atoms with Crippen LogP contribution in [0, 0.1) is 0 Å². The molecule has 1 aliphatic heterocycles. The Morgan fingerprint density at radius 3 is 2.83 bits per heavy atom. The van der Waals surface area contributed by atoms with Crippen molar-refractivity contribution < 1.29 is 22.8 Å². The Morgan fingerprint density at radius 2 is 2.28 bits per heavy atom. The molecule has 0 radical (unpaired) electrons. The molecule has 0 aromatic carbocycles. The van der Waals surface area contributed by atoms with E-state index >= 15 is 0 Å². The zero-order valence-electron chi connectivity index (χ0n) is 11.4. The zero-order chi connectivity index (χ0) is 13.6. The second-order valence-electron chi connectivity index (χ2n) is 4.47. The van der Waals surface area contributed by atoms with Crippen molar-refractivity contribution in [3.63, 3.8) is 0 Å². The third kappa shape index (κ3) is 4.53. The minimum atomic E-state index is -2.53. The van der Waals surface area contributed by atoms with Crippen molar-refractivity contribution in [2.24, 2.45) is 0 Å². The number of hydrogen-bond acceptors (Lipinski definition) is 5. The lowest BCUT2D eigenvalue weighted by Gasteiger charge is -2.35. The highest BCUT2D eigenvalue weighted by Crippen LogP contribution is 2.24. The van der Waals surface area contributed by atoms with Crippen LogP contribution in [0.15, 0.2) is 12.2 Å². The molecule has 0 amide bonds. The molecule has 2 unspecified atom stereocenters. The minimum absolute atomic E-state index is 0.170. The summed E-state index contributed by atoms with van der Waals surface area (Å²) >= 11 is 0. The van der Waals surface area contributed by atoms with E-state index in [0.717, 1.165) is 6.42 Å². The highest BCUT2D eigenvalue weighted by Gasteiger charge is 2.43. The lowest BCUT2D eigenvalue weighted by molar-refractivity contribution is -0.139. The van der Waals surface area contributed by atoms with Crippen molar-refractivity contribution in [2.45, 2.75) is 38.8 Å². The van der Waals surface area contributed by atoms with E-state index in [2.05, 4.69) is 6.58 Å². The highest BCUT2D eigenvalue weighted by atomic mass is 28.4. The first-order chi connectivity index (χ1) is 8.49. The van der Waals surface area contributed by atoms with Gasteiger partial charge < -0.3 is 18.0 Å². The molecule has 1 fully saturated rings. The van der Waals surface area contributed by atoms with E-state index in [9.17, 15) is 4.79 Å². The Bertz CT molecular complexity index is 307. The summed E-state index contributed by atoms with van der Waals surface area (Å²) in [6.07, 6.45) is 1.73. The summed E-state index contributed by atoms with van der Waals surface area (Å²) in [7, 11) is -0.917. The van der Waals surface area contributed by atoms with E-state index in [4.69, 9.17) is 18.0 Å². The van der Waals surface area contributed by atoms with Gasteiger partial charge in [0.05, 0.1) is 6.61 Å². The molecule has 2 atom stereocenters. The summed E-state index contributed by atoms with van der Waals surface area (Å²) in [5.41, 5.74) is 0.410. The molecule has 0 aromatic rings. The van der Waals surface area contributed by atoms with Crippen molar-refractivity contribution in [1.29, 1.82) is 0 Å². The van der Waals surface area contributed by atoms with Gasteiger partial charge in [-0.05, 0) is 26.7 Å². The summed E-state index contributed by atoms with van der Waals surface area (Å²) < 4.78 is 22.0. The average molecular weight is 274 g/mol. The Hall–Kier alpha value is -0.693. The lowest BCUT2D eigenvalue weighted by atomic mass is 10.3. The van der Waals surface area contributed by atoms with E-state index in [1.807, 2.05) is 6.92 Å². The van der Waals surface area contributed by atoms with E-state index in [1.165, 1.54) is 0 Å². The third-order valence-electron chi connectivity index (χ3n) is 2.75. The fourth-order valence-corrected chi connectivity index (χ4v) is 4.18.